The fraction of sp³-hybridized carbons (Fsp3) is 0.500. The number of rotatable bonds is 4. The Labute approximate surface area is 184 Å². The van der Waals surface area contributed by atoms with Gasteiger partial charge in [-0.15, -0.1) is 0 Å². The molecule has 3 rings (SSSR count). The number of hydrogen-bond donors (Lipinski definition) is 3. The summed E-state index contributed by atoms with van der Waals surface area (Å²) in [5, 5.41) is 1.71. The van der Waals surface area contributed by atoms with Gasteiger partial charge in [0.25, 0.3) is 0 Å². The zero-order valence-corrected chi connectivity index (χ0v) is 19.4. The maximum atomic E-state index is 12.3. The molecule has 5 N–H and O–H groups in total. The van der Waals surface area contributed by atoms with Crippen molar-refractivity contribution in [3.05, 3.63) is 35.0 Å². The summed E-state index contributed by atoms with van der Waals surface area (Å²) in [4.78, 5) is 37.7. The molecular weight excluding hydrogens is 404 g/mol. The van der Waals surface area contributed by atoms with Gasteiger partial charge in [0.15, 0.2) is 0 Å². The van der Waals surface area contributed by atoms with Gasteiger partial charge in [-0.2, -0.15) is 0 Å². The molecule has 0 spiro atoms. The van der Waals surface area contributed by atoms with Crippen molar-refractivity contribution < 1.29 is 14.4 Å². The summed E-state index contributed by atoms with van der Waals surface area (Å²) < 4.78 is 0. The fourth-order valence-electron chi connectivity index (χ4n) is 3.10. The zero-order chi connectivity index (χ0) is 23.3. The number of nitrogens with zero attached hydrogens (tertiary/aromatic N) is 1. The SMILES string of the molecule is CC.CC.CC(N)=O.NC(=O)[C@@H]1CCCN1C(=O)CCc1c[nH]c2ccc(Cl)cc12. The largest absolute Gasteiger partial charge is 0.370 e. The lowest BCUT2D eigenvalue weighted by Crippen LogP contribution is -2.43. The van der Waals surface area contributed by atoms with Gasteiger partial charge < -0.3 is 21.4 Å². The van der Waals surface area contributed by atoms with Crippen LogP contribution in [0.15, 0.2) is 24.4 Å². The van der Waals surface area contributed by atoms with Gasteiger partial charge in [-0.25, -0.2) is 0 Å². The van der Waals surface area contributed by atoms with Crippen molar-refractivity contribution in [1.82, 2.24) is 9.88 Å². The van der Waals surface area contributed by atoms with Crippen LogP contribution in [0.3, 0.4) is 0 Å². The highest BCUT2D eigenvalue weighted by Gasteiger charge is 2.32. The molecule has 0 aliphatic carbocycles. The van der Waals surface area contributed by atoms with Crippen LogP contribution in [-0.2, 0) is 20.8 Å². The maximum Gasteiger partial charge on any atom is 0.240 e. The number of fused-ring (bicyclic) bond motifs is 1. The average Bonchev–Trinajstić information content (AvgIpc) is 3.36. The number of primary amides is 2. The van der Waals surface area contributed by atoms with E-state index in [2.05, 4.69) is 10.7 Å². The number of aromatic amines is 1. The van der Waals surface area contributed by atoms with Gasteiger partial charge in [-0.05, 0) is 43.0 Å². The minimum atomic E-state index is -0.440. The number of hydrogen-bond acceptors (Lipinski definition) is 3. The van der Waals surface area contributed by atoms with Crippen LogP contribution in [0.1, 0.15) is 59.4 Å². The highest BCUT2D eigenvalue weighted by Crippen LogP contribution is 2.24. The maximum absolute atomic E-state index is 12.3. The lowest BCUT2D eigenvalue weighted by atomic mass is 10.1. The van der Waals surface area contributed by atoms with Gasteiger partial charge in [0.05, 0.1) is 0 Å². The number of carbonyl (C=O) groups excluding carboxylic acids is 3. The number of aryl methyl sites for hydroxylation is 1. The third-order valence-electron chi connectivity index (χ3n) is 4.24. The van der Waals surface area contributed by atoms with Crippen LogP contribution in [0.5, 0.6) is 0 Å². The van der Waals surface area contributed by atoms with Crippen LogP contribution in [0.25, 0.3) is 10.9 Å². The molecule has 7 nitrogen and oxygen atoms in total. The molecule has 8 heteroatoms. The molecule has 0 unspecified atom stereocenters. The van der Waals surface area contributed by atoms with E-state index in [0.29, 0.717) is 30.8 Å². The number of nitrogens with two attached hydrogens (primary N) is 2. The Morgan fingerprint density at radius 3 is 2.33 bits per heavy atom. The second-order valence-electron chi connectivity index (χ2n) is 6.26. The Morgan fingerprint density at radius 2 is 1.77 bits per heavy atom. The minimum absolute atomic E-state index is 0.0160. The molecule has 3 amide bonds. The van der Waals surface area contributed by atoms with Crippen LogP contribution < -0.4 is 11.5 Å². The molecule has 0 saturated carbocycles. The van der Waals surface area contributed by atoms with E-state index in [4.69, 9.17) is 17.3 Å². The van der Waals surface area contributed by atoms with Gasteiger partial charge >= 0.3 is 0 Å². The molecular formula is C22H35ClN4O3. The summed E-state index contributed by atoms with van der Waals surface area (Å²) in [7, 11) is 0. The third kappa shape index (κ3) is 8.45. The summed E-state index contributed by atoms with van der Waals surface area (Å²) in [5.74, 6) is -0.762. The van der Waals surface area contributed by atoms with Crippen LogP contribution in [-0.4, -0.2) is 40.2 Å². The van der Waals surface area contributed by atoms with Gasteiger partial charge in [0.1, 0.15) is 6.04 Å². The first-order valence-electron chi connectivity index (χ1n) is 10.4. The number of carbonyl (C=O) groups is 3. The quantitative estimate of drug-likeness (QED) is 0.673. The zero-order valence-electron chi connectivity index (χ0n) is 18.6. The molecule has 0 bridgehead atoms. The van der Waals surface area contributed by atoms with E-state index in [1.54, 1.807) is 4.90 Å². The highest BCUT2D eigenvalue weighted by atomic mass is 35.5. The topological polar surface area (TPSA) is 122 Å². The summed E-state index contributed by atoms with van der Waals surface area (Å²) >= 11 is 6.03. The van der Waals surface area contributed by atoms with Gasteiger partial charge in [0.2, 0.25) is 17.7 Å². The second kappa shape index (κ2) is 14.4. The summed E-state index contributed by atoms with van der Waals surface area (Å²) in [6.45, 7) is 9.92. The van der Waals surface area contributed by atoms with Crippen LogP contribution >= 0.6 is 11.6 Å². The number of likely N-dealkylation sites (tertiary alicyclic amines) is 1. The average molecular weight is 439 g/mol. The summed E-state index contributed by atoms with van der Waals surface area (Å²) in [6.07, 6.45) is 4.39. The predicted octanol–water partition coefficient (Wildman–Crippen LogP) is 3.77. The number of aromatic nitrogens is 1. The van der Waals surface area contributed by atoms with E-state index in [1.807, 2.05) is 52.1 Å². The van der Waals surface area contributed by atoms with Crippen molar-refractivity contribution in [1.29, 1.82) is 0 Å². The highest BCUT2D eigenvalue weighted by molar-refractivity contribution is 6.31. The Kier molecular flexibility index (Phi) is 13.2. The Hall–Kier alpha value is -2.54. The molecule has 1 aromatic carbocycles. The molecule has 2 heterocycles. The van der Waals surface area contributed by atoms with Gasteiger partial charge in [0, 0.05) is 42.0 Å². The van der Waals surface area contributed by atoms with E-state index in [1.165, 1.54) is 6.92 Å². The first-order chi connectivity index (χ1) is 14.3. The lowest BCUT2D eigenvalue weighted by Gasteiger charge is -2.22. The number of H-pyrrole nitrogens is 1. The summed E-state index contributed by atoms with van der Waals surface area (Å²) in [6, 6.07) is 5.21. The Balaban J connectivity index is 0.000000924. The Bertz CT molecular complexity index is 816. The monoisotopic (exact) mass is 438 g/mol. The van der Waals surface area contributed by atoms with E-state index in [9.17, 15) is 14.4 Å². The normalized spacial score (nSPS) is 14.5. The third-order valence-corrected chi connectivity index (χ3v) is 4.47. The Morgan fingerprint density at radius 1 is 1.17 bits per heavy atom. The molecule has 0 radical (unpaired) electrons. The van der Waals surface area contributed by atoms with Crippen LogP contribution in [0.2, 0.25) is 5.02 Å². The molecule has 1 aromatic heterocycles. The standard InChI is InChI=1S/C16H18ClN3O2.C2H5NO.2C2H6/c17-11-4-5-13-12(8-11)10(9-19-13)3-6-15(21)20-7-1-2-14(20)16(18)22;1-2(3)4;2*1-2/h4-5,8-9,14,19H,1-3,6-7H2,(H2,18,22);1H3,(H2,3,4);2*1-2H3/t14-;;;/m0.../s1. The molecule has 168 valence electrons. The first kappa shape index (κ1) is 27.5. The minimum Gasteiger partial charge on any atom is -0.370 e. The van der Waals surface area contributed by atoms with E-state index >= 15 is 0 Å². The van der Waals surface area contributed by atoms with Gasteiger partial charge in [-0.3, -0.25) is 14.4 Å². The van der Waals surface area contributed by atoms with Crippen molar-refractivity contribution >= 4 is 40.2 Å². The van der Waals surface area contributed by atoms with Crippen LogP contribution in [0, 0.1) is 0 Å². The number of benzene rings is 1. The molecule has 30 heavy (non-hydrogen) atoms. The smallest absolute Gasteiger partial charge is 0.240 e. The molecule has 1 atom stereocenters. The van der Waals surface area contributed by atoms with Crippen molar-refractivity contribution in [2.45, 2.75) is 66.3 Å². The fourth-order valence-corrected chi connectivity index (χ4v) is 3.28. The van der Waals surface area contributed by atoms with Crippen molar-refractivity contribution in [3.8, 4) is 0 Å². The van der Waals surface area contributed by atoms with Crippen LogP contribution in [0.4, 0.5) is 0 Å². The molecule has 1 saturated heterocycles. The van der Waals surface area contributed by atoms with E-state index in [-0.39, 0.29) is 11.8 Å². The molecule has 2 aromatic rings. The molecule has 1 aliphatic heterocycles. The second-order valence-corrected chi connectivity index (χ2v) is 6.70. The van der Waals surface area contributed by atoms with Gasteiger partial charge in [-0.1, -0.05) is 39.3 Å². The first-order valence-corrected chi connectivity index (χ1v) is 10.8. The van der Waals surface area contributed by atoms with Crippen molar-refractivity contribution in [3.63, 3.8) is 0 Å². The van der Waals surface area contributed by atoms with E-state index < -0.39 is 11.9 Å². The number of amides is 3. The van der Waals surface area contributed by atoms with Crippen molar-refractivity contribution in [2.24, 2.45) is 11.5 Å². The molecule has 1 fully saturated rings. The van der Waals surface area contributed by atoms with Crippen molar-refractivity contribution in [2.75, 3.05) is 6.54 Å². The van der Waals surface area contributed by atoms with E-state index in [0.717, 1.165) is 22.9 Å². The number of halogens is 1. The lowest BCUT2D eigenvalue weighted by molar-refractivity contribution is -0.137. The number of nitrogens with one attached hydrogen (secondary N) is 1. The summed E-state index contributed by atoms with van der Waals surface area (Å²) in [5.41, 5.74) is 11.9. The molecule has 1 aliphatic rings. The predicted molar refractivity (Wildman–Crippen MR) is 123 cm³/mol.